The van der Waals surface area contributed by atoms with E-state index in [1.165, 1.54) is 33.1 Å². The Bertz CT molecular complexity index is 1320. The maximum atomic E-state index is 5.14. The molecule has 3 heterocycles. The average Bonchev–Trinajstić information content (AvgIpc) is 3.15. The Morgan fingerprint density at radius 2 is 2.06 bits per heavy atom. The summed E-state index contributed by atoms with van der Waals surface area (Å²) in [6, 6.07) is 8.91. The van der Waals surface area contributed by atoms with Crippen LogP contribution in [0.15, 0.2) is 95.3 Å². The third-order valence-electron chi connectivity index (χ3n) is 6.89. The molecule has 3 aliphatic rings. The van der Waals surface area contributed by atoms with Crippen LogP contribution in [0.2, 0.25) is 0 Å². The maximum absolute atomic E-state index is 5.14. The minimum absolute atomic E-state index is 0.232. The number of rotatable bonds is 6. The van der Waals surface area contributed by atoms with E-state index in [4.69, 9.17) is 4.98 Å². The van der Waals surface area contributed by atoms with E-state index in [2.05, 4.69) is 103 Å². The van der Waals surface area contributed by atoms with Crippen LogP contribution in [0.3, 0.4) is 0 Å². The molecule has 0 spiro atoms. The topological polar surface area (TPSA) is 31.7 Å². The summed E-state index contributed by atoms with van der Waals surface area (Å²) in [7, 11) is 2.12. The largest absolute Gasteiger partial charge is 0.351 e. The fourth-order valence-corrected chi connectivity index (χ4v) is 5.99. The predicted octanol–water partition coefficient (Wildman–Crippen LogP) is 7.66. The SMILES string of the molecule is C=C(C)C=C1C=C(C2CC=Cc3sc(N(C)CC)nc32)N(c2ccc(C3=NC=CC=CC3)cc2)CC1. The molecule has 1 aromatic heterocycles. The van der Waals surface area contributed by atoms with E-state index >= 15 is 0 Å². The van der Waals surface area contributed by atoms with Gasteiger partial charge in [0.05, 0.1) is 16.3 Å². The summed E-state index contributed by atoms with van der Waals surface area (Å²) in [4.78, 5) is 15.8. The smallest absolute Gasteiger partial charge is 0.185 e. The number of anilines is 2. The molecule has 0 saturated heterocycles. The third kappa shape index (κ3) is 5.07. The van der Waals surface area contributed by atoms with E-state index < -0.39 is 0 Å². The normalized spacial score (nSPS) is 20.1. The highest BCUT2D eigenvalue weighted by Crippen LogP contribution is 2.43. The first-order chi connectivity index (χ1) is 17.5. The summed E-state index contributed by atoms with van der Waals surface area (Å²) in [6.07, 6.45) is 20.0. The van der Waals surface area contributed by atoms with Gasteiger partial charge in [-0.25, -0.2) is 4.98 Å². The summed E-state index contributed by atoms with van der Waals surface area (Å²) in [5.74, 6) is 0.232. The van der Waals surface area contributed by atoms with Gasteiger partial charge in [0.25, 0.3) is 0 Å². The molecule has 1 aromatic carbocycles. The zero-order valence-electron chi connectivity index (χ0n) is 21.4. The molecule has 0 fully saturated rings. The number of hydrogen-bond acceptors (Lipinski definition) is 5. The van der Waals surface area contributed by atoms with Crippen molar-refractivity contribution < 1.29 is 0 Å². The second-order valence-corrected chi connectivity index (χ2v) is 10.6. The van der Waals surface area contributed by atoms with Gasteiger partial charge in [-0.1, -0.05) is 59.9 Å². The molecule has 0 saturated carbocycles. The van der Waals surface area contributed by atoms with Crippen molar-refractivity contribution in [3.8, 4) is 0 Å². The summed E-state index contributed by atoms with van der Waals surface area (Å²) >= 11 is 1.79. The Hall–Kier alpha value is -3.44. The fraction of sp³-hybridized carbons (Fsp3) is 0.290. The van der Waals surface area contributed by atoms with Gasteiger partial charge in [0.15, 0.2) is 5.13 Å². The molecule has 0 N–H and O–H groups in total. The van der Waals surface area contributed by atoms with E-state index in [0.29, 0.717) is 0 Å². The molecule has 0 bridgehead atoms. The molecule has 1 atom stereocenters. The summed E-state index contributed by atoms with van der Waals surface area (Å²) in [6.45, 7) is 10.3. The van der Waals surface area contributed by atoms with Crippen LogP contribution in [0, 0.1) is 0 Å². The van der Waals surface area contributed by atoms with Crippen molar-refractivity contribution in [3.63, 3.8) is 0 Å². The first-order valence-corrected chi connectivity index (χ1v) is 13.6. The number of allylic oxidation sites excluding steroid dienone is 8. The highest BCUT2D eigenvalue weighted by molar-refractivity contribution is 7.16. The van der Waals surface area contributed by atoms with Gasteiger partial charge in [-0.3, -0.25) is 4.99 Å². The van der Waals surface area contributed by atoms with Crippen LogP contribution in [0.5, 0.6) is 0 Å². The van der Waals surface area contributed by atoms with E-state index in [0.717, 1.165) is 48.8 Å². The van der Waals surface area contributed by atoms with Gasteiger partial charge in [0.2, 0.25) is 0 Å². The van der Waals surface area contributed by atoms with Gasteiger partial charge >= 0.3 is 0 Å². The fourth-order valence-electron chi connectivity index (χ4n) is 4.91. The van der Waals surface area contributed by atoms with Crippen molar-refractivity contribution in [2.24, 2.45) is 4.99 Å². The number of thiazole rings is 1. The molecule has 2 aliphatic heterocycles. The standard InChI is InChI=1S/C31H34N4S/c1-5-34(4)31-33-30-26(10-9-12-29(30)36-31)28-21-23(20-22(2)3)17-19-35(28)25-15-13-24(14-16-25)27-11-7-6-8-18-32-27/h6-9,12-16,18,20-21,26H,2,5,10-11,17,19H2,1,3-4H3. The Morgan fingerprint density at radius 3 is 2.83 bits per heavy atom. The quantitative estimate of drug-likeness (QED) is 0.413. The van der Waals surface area contributed by atoms with Crippen LogP contribution in [0.4, 0.5) is 10.8 Å². The van der Waals surface area contributed by atoms with Crippen molar-refractivity contribution in [1.82, 2.24) is 4.98 Å². The van der Waals surface area contributed by atoms with Crippen LogP contribution < -0.4 is 9.80 Å². The number of hydrogen-bond donors (Lipinski definition) is 0. The van der Waals surface area contributed by atoms with Crippen molar-refractivity contribution in [2.45, 2.75) is 39.0 Å². The number of aliphatic imine (C=N–C) groups is 1. The molecule has 0 amide bonds. The van der Waals surface area contributed by atoms with Crippen molar-refractivity contribution >= 4 is 33.9 Å². The first kappa shape index (κ1) is 24.3. The van der Waals surface area contributed by atoms with E-state index in [1.807, 2.05) is 12.3 Å². The third-order valence-corrected chi connectivity index (χ3v) is 8.04. The molecule has 5 rings (SSSR count). The van der Waals surface area contributed by atoms with Crippen molar-refractivity contribution in [1.29, 1.82) is 0 Å². The molecule has 2 aromatic rings. The molecule has 5 heteroatoms. The van der Waals surface area contributed by atoms with Crippen LogP contribution >= 0.6 is 11.3 Å². The van der Waals surface area contributed by atoms with Gasteiger partial charge in [0, 0.05) is 50.1 Å². The molecule has 1 aliphatic carbocycles. The predicted molar refractivity (Wildman–Crippen MR) is 156 cm³/mol. The Morgan fingerprint density at radius 1 is 1.22 bits per heavy atom. The first-order valence-electron chi connectivity index (χ1n) is 12.8. The van der Waals surface area contributed by atoms with Gasteiger partial charge in [-0.05, 0) is 68.2 Å². The molecule has 1 unspecified atom stereocenters. The minimum Gasteiger partial charge on any atom is -0.351 e. The lowest BCUT2D eigenvalue weighted by Gasteiger charge is -2.36. The lowest BCUT2D eigenvalue weighted by Crippen LogP contribution is -2.31. The average molecular weight is 495 g/mol. The van der Waals surface area contributed by atoms with Gasteiger partial charge < -0.3 is 9.80 Å². The summed E-state index contributed by atoms with van der Waals surface area (Å²) in [5.41, 5.74) is 8.45. The number of aromatic nitrogens is 1. The number of benzene rings is 1. The summed E-state index contributed by atoms with van der Waals surface area (Å²) < 4.78 is 0. The molecule has 4 nitrogen and oxygen atoms in total. The van der Waals surface area contributed by atoms with Gasteiger partial charge in [0.1, 0.15) is 0 Å². The number of fused-ring (bicyclic) bond motifs is 1. The Kier molecular flexibility index (Phi) is 7.19. The Balaban J connectivity index is 1.51. The van der Waals surface area contributed by atoms with Crippen molar-refractivity contribution in [2.75, 3.05) is 29.9 Å². The van der Waals surface area contributed by atoms with Crippen LogP contribution in [-0.4, -0.2) is 30.8 Å². The van der Waals surface area contributed by atoms with Gasteiger partial charge in [-0.2, -0.15) is 0 Å². The molecule has 36 heavy (non-hydrogen) atoms. The lowest BCUT2D eigenvalue weighted by atomic mass is 9.87. The Labute approximate surface area is 219 Å². The second-order valence-electron chi connectivity index (χ2n) is 9.58. The van der Waals surface area contributed by atoms with Crippen molar-refractivity contribution in [3.05, 3.63) is 106 Å². The van der Waals surface area contributed by atoms with Crippen LogP contribution in [-0.2, 0) is 0 Å². The van der Waals surface area contributed by atoms with E-state index in [1.54, 1.807) is 11.3 Å². The lowest BCUT2D eigenvalue weighted by molar-refractivity contribution is 0.696. The zero-order chi connectivity index (χ0) is 25.1. The molecule has 184 valence electrons. The molecular formula is C31H34N4S. The molecule has 0 radical (unpaired) electrons. The maximum Gasteiger partial charge on any atom is 0.185 e. The minimum atomic E-state index is 0.232. The van der Waals surface area contributed by atoms with E-state index in [-0.39, 0.29) is 5.92 Å². The monoisotopic (exact) mass is 494 g/mol. The second kappa shape index (κ2) is 10.7. The highest BCUT2D eigenvalue weighted by Gasteiger charge is 2.31. The molecular weight excluding hydrogens is 460 g/mol. The zero-order valence-corrected chi connectivity index (χ0v) is 22.3. The van der Waals surface area contributed by atoms with Crippen LogP contribution in [0.25, 0.3) is 6.08 Å². The summed E-state index contributed by atoms with van der Waals surface area (Å²) in [5, 5.41) is 1.09. The van der Waals surface area contributed by atoms with Crippen LogP contribution in [0.1, 0.15) is 55.2 Å². The van der Waals surface area contributed by atoms with E-state index in [9.17, 15) is 0 Å². The van der Waals surface area contributed by atoms with Gasteiger partial charge in [-0.15, -0.1) is 0 Å². The highest BCUT2D eigenvalue weighted by atomic mass is 32.1. The number of nitrogens with zero attached hydrogens (tertiary/aromatic N) is 4.